The summed E-state index contributed by atoms with van der Waals surface area (Å²) in [6.45, 7) is 3.86. The molecule has 0 saturated carbocycles. The quantitative estimate of drug-likeness (QED) is 0.144. The van der Waals surface area contributed by atoms with Crippen LogP contribution in [0.2, 0.25) is 0 Å². The van der Waals surface area contributed by atoms with Gasteiger partial charge >= 0.3 is 19.7 Å². The molecule has 2 aromatic heterocycles. The minimum Gasteiger partial charge on any atom is -0.465 e. The lowest BCUT2D eigenvalue weighted by Gasteiger charge is -2.16. The van der Waals surface area contributed by atoms with Crippen LogP contribution in [-0.2, 0) is 32.9 Å². The zero-order chi connectivity index (χ0) is 26.9. The second-order valence-corrected chi connectivity index (χ2v) is 8.67. The normalized spacial score (nSPS) is 20.9. The van der Waals surface area contributed by atoms with E-state index in [2.05, 4.69) is 34.3 Å². The van der Waals surface area contributed by atoms with Gasteiger partial charge < -0.3 is 29.9 Å². The number of nitrogens with one attached hydrogen (secondary N) is 2. The fraction of sp³-hybridized carbons (Fsp3) is 0.611. The first kappa shape index (κ1) is 29.3. The first-order valence-electron chi connectivity index (χ1n) is 10.8. The van der Waals surface area contributed by atoms with Gasteiger partial charge in [-0.2, -0.15) is 4.98 Å². The zero-order valence-corrected chi connectivity index (χ0v) is 20.6. The van der Waals surface area contributed by atoms with Gasteiger partial charge in [-0.3, -0.25) is 33.8 Å². The number of aromatic amines is 1. The minimum absolute atomic E-state index is 0.0344. The number of hydrogen-bond donors (Lipinski definition) is 6. The number of nitrogens with two attached hydrogens (primary N) is 2. The van der Waals surface area contributed by atoms with Gasteiger partial charge in [0.25, 0.3) is 5.56 Å². The number of anilines is 1. The molecule has 3 heterocycles. The molecule has 36 heavy (non-hydrogen) atoms. The lowest BCUT2D eigenvalue weighted by molar-refractivity contribution is -0.143. The first-order chi connectivity index (χ1) is 16.9. The average molecular weight is 535 g/mol. The number of ether oxygens (including phenoxy) is 3. The van der Waals surface area contributed by atoms with Gasteiger partial charge in [0.2, 0.25) is 5.95 Å². The van der Waals surface area contributed by atoms with Crippen molar-refractivity contribution >= 4 is 36.8 Å². The molecule has 0 amide bonds. The maximum atomic E-state index is 11.7. The van der Waals surface area contributed by atoms with E-state index in [1.807, 2.05) is 0 Å². The molecule has 0 aliphatic carbocycles. The third-order valence-electron chi connectivity index (χ3n) is 4.54. The number of nitrogens with zero attached hydrogens (tertiary/aromatic N) is 3. The molecule has 1 saturated heterocycles. The van der Waals surface area contributed by atoms with Crippen molar-refractivity contribution in [3.05, 3.63) is 16.7 Å². The first-order valence-corrected chi connectivity index (χ1v) is 12.4. The molecule has 0 bridgehead atoms. The number of H-pyrrole nitrogens is 1. The van der Waals surface area contributed by atoms with Crippen molar-refractivity contribution in [1.82, 2.24) is 24.8 Å². The number of aromatic nitrogens is 4. The number of carbonyl (C=O) groups is 2. The van der Waals surface area contributed by atoms with Crippen LogP contribution in [-0.4, -0.2) is 86.6 Å². The Hall–Kier alpha value is -2.92. The topological polar surface area (TPSA) is 256 Å². The molecule has 2 aromatic rings. The van der Waals surface area contributed by atoms with Crippen molar-refractivity contribution in [3.63, 3.8) is 0 Å². The highest BCUT2D eigenvalue weighted by Crippen LogP contribution is 2.35. The van der Waals surface area contributed by atoms with Gasteiger partial charge in [-0.05, 0) is 13.8 Å². The number of aliphatic hydroxyl groups is 1. The van der Waals surface area contributed by atoms with Crippen LogP contribution in [0.4, 0.5) is 5.95 Å². The van der Waals surface area contributed by atoms with Gasteiger partial charge in [0.05, 0.1) is 45.3 Å². The smallest absolute Gasteiger partial charge is 0.400 e. The predicted molar refractivity (Wildman–Crippen MR) is 123 cm³/mol. The summed E-state index contributed by atoms with van der Waals surface area (Å²) in [5, 5.41) is 12.6. The van der Waals surface area contributed by atoms with Crippen LogP contribution in [0.5, 0.6) is 0 Å². The monoisotopic (exact) mass is 535 g/mol. The molecule has 202 valence electrons. The van der Waals surface area contributed by atoms with Crippen molar-refractivity contribution in [2.75, 3.05) is 38.6 Å². The van der Waals surface area contributed by atoms with Gasteiger partial charge in [-0.25, -0.2) is 15.1 Å². The highest BCUT2D eigenvalue weighted by Gasteiger charge is 2.37. The molecule has 0 spiro atoms. The fourth-order valence-electron chi connectivity index (χ4n) is 3.06. The molecule has 8 N–H and O–H groups in total. The van der Waals surface area contributed by atoms with Gasteiger partial charge in [-0.1, -0.05) is 0 Å². The van der Waals surface area contributed by atoms with Crippen LogP contribution in [0, 0.1) is 0 Å². The fourth-order valence-corrected chi connectivity index (χ4v) is 3.42. The lowest BCUT2D eigenvalue weighted by Crippen LogP contribution is -2.30. The third kappa shape index (κ3) is 8.94. The third-order valence-corrected chi connectivity index (χ3v) is 5.06. The SMILES string of the molecule is CCOC(=O)CNCC(=O)OCC.Nc1nc2c(ncn2[C@H]2C[C@H](O)[C@@H](COP(N)(=O)O)O2)c(=O)[nH]1. The maximum absolute atomic E-state index is 11.7. The molecular formula is C18H30N7O10P. The molecule has 18 heteroatoms. The number of esters is 2. The van der Waals surface area contributed by atoms with Crippen molar-refractivity contribution in [3.8, 4) is 0 Å². The number of rotatable bonds is 10. The molecule has 4 atom stereocenters. The van der Waals surface area contributed by atoms with Crippen LogP contribution in [0.15, 0.2) is 11.1 Å². The highest BCUT2D eigenvalue weighted by atomic mass is 31.2. The van der Waals surface area contributed by atoms with E-state index in [1.54, 1.807) is 13.8 Å². The summed E-state index contributed by atoms with van der Waals surface area (Å²) in [6.07, 6.45) is -1.02. The summed E-state index contributed by atoms with van der Waals surface area (Å²) in [4.78, 5) is 52.4. The van der Waals surface area contributed by atoms with E-state index in [4.69, 9.17) is 20.9 Å². The Morgan fingerprint density at radius 2 is 1.92 bits per heavy atom. The maximum Gasteiger partial charge on any atom is 0.400 e. The highest BCUT2D eigenvalue weighted by molar-refractivity contribution is 7.50. The summed E-state index contributed by atoms with van der Waals surface area (Å²) < 4.78 is 31.8. The van der Waals surface area contributed by atoms with E-state index in [1.165, 1.54) is 10.9 Å². The van der Waals surface area contributed by atoms with Gasteiger partial charge in [0.1, 0.15) is 12.3 Å². The van der Waals surface area contributed by atoms with E-state index in [-0.39, 0.29) is 55.2 Å². The summed E-state index contributed by atoms with van der Waals surface area (Å²) in [5.74, 6) is -0.814. The molecule has 3 rings (SSSR count). The number of hydrogen-bond acceptors (Lipinski definition) is 13. The van der Waals surface area contributed by atoms with E-state index in [0.29, 0.717) is 13.2 Å². The Labute approximate surface area is 204 Å². The molecule has 0 aromatic carbocycles. The second-order valence-electron chi connectivity index (χ2n) is 7.28. The van der Waals surface area contributed by atoms with Crippen LogP contribution < -0.4 is 22.1 Å². The minimum atomic E-state index is -4.16. The summed E-state index contributed by atoms with van der Waals surface area (Å²) in [7, 11) is -4.16. The average Bonchev–Trinajstić information content (AvgIpc) is 3.36. The molecule has 1 fully saturated rings. The molecule has 1 aliphatic heterocycles. The Morgan fingerprint density at radius 1 is 1.31 bits per heavy atom. The largest absolute Gasteiger partial charge is 0.465 e. The second kappa shape index (κ2) is 13.4. The predicted octanol–water partition coefficient (Wildman–Crippen LogP) is -1.87. The lowest BCUT2D eigenvalue weighted by atomic mass is 10.2. The number of imidazole rings is 1. The Balaban J connectivity index is 0.000000302. The molecule has 1 aliphatic rings. The number of fused-ring (bicyclic) bond motifs is 1. The molecule has 1 unspecified atom stereocenters. The van der Waals surface area contributed by atoms with Crippen molar-refractivity contribution in [1.29, 1.82) is 0 Å². The van der Waals surface area contributed by atoms with E-state index in [0.717, 1.165) is 0 Å². The van der Waals surface area contributed by atoms with E-state index < -0.39 is 31.7 Å². The van der Waals surface area contributed by atoms with Gasteiger partial charge in [-0.15, -0.1) is 0 Å². The van der Waals surface area contributed by atoms with Crippen LogP contribution >= 0.6 is 7.75 Å². The summed E-state index contributed by atoms with van der Waals surface area (Å²) in [5.41, 5.74) is 10.2. The van der Waals surface area contributed by atoms with Crippen molar-refractivity contribution in [2.45, 2.75) is 38.7 Å². The summed E-state index contributed by atoms with van der Waals surface area (Å²) >= 11 is 0. The van der Waals surface area contributed by atoms with Crippen LogP contribution in [0.1, 0.15) is 26.5 Å². The molecular weight excluding hydrogens is 505 g/mol. The van der Waals surface area contributed by atoms with Crippen LogP contribution in [0.3, 0.4) is 0 Å². The number of carbonyl (C=O) groups excluding carboxylic acids is 2. The zero-order valence-electron chi connectivity index (χ0n) is 19.7. The van der Waals surface area contributed by atoms with Gasteiger partial charge in [0, 0.05) is 6.42 Å². The molecule has 17 nitrogen and oxygen atoms in total. The van der Waals surface area contributed by atoms with Crippen molar-refractivity contribution < 1.29 is 42.9 Å². The van der Waals surface area contributed by atoms with Crippen molar-refractivity contribution in [2.24, 2.45) is 5.50 Å². The van der Waals surface area contributed by atoms with E-state index in [9.17, 15) is 24.1 Å². The molecule has 0 radical (unpaired) electrons. The number of aliphatic hydroxyl groups excluding tert-OH is 1. The van der Waals surface area contributed by atoms with Gasteiger partial charge in [0.15, 0.2) is 11.2 Å². The standard InChI is InChI=1S/C10H15N6O6P.C8H15NO4/c11-10-14-8-7(9(18)15-10)13-3-16(8)6-1-4(17)5(22-6)2-21-23(12,19)20;1-3-12-7(10)5-9-6-8(11)13-4-2/h3-6,17H,1-2H2,(H3,12,19,20)(H3,11,14,15,18);9H,3-6H2,1-2H3/t4-,5+,6+;/m0./s1. The Bertz CT molecular complexity index is 1120. The Morgan fingerprint density at radius 3 is 2.47 bits per heavy atom. The Kier molecular flexibility index (Phi) is 10.9. The summed E-state index contributed by atoms with van der Waals surface area (Å²) in [6, 6.07) is 0. The van der Waals surface area contributed by atoms with Crippen LogP contribution in [0.25, 0.3) is 11.2 Å². The number of nitrogen functional groups attached to an aromatic ring is 1. The van der Waals surface area contributed by atoms with E-state index >= 15 is 0 Å².